The average Bonchev–Trinajstić information content (AvgIpc) is 3.04. The van der Waals surface area contributed by atoms with Crippen LogP contribution in [0.1, 0.15) is 21.7 Å². The van der Waals surface area contributed by atoms with E-state index in [2.05, 4.69) is 9.97 Å². The van der Waals surface area contributed by atoms with Gasteiger partial charge in [0.25, 0.3) is 5.91 Å². The molecule has 0 atom stereocenters. The molecule has 0 bridgehead atoms. The van der Waals surface area contributed by atoms with Crippen LogP contribution in [-0.4, -0.2) is 32.4 Å². The van der Waals surface area contributed by atoms with Gasteiger partial charge < -0.3 is 4.90 Å². The number of hydrogen-bond acceptors (Lipinski definition) is 3. The summed E-state index contributed by atoms with van der Waals surface area (Å²) in [4.78, 5) is 23.6. The Morgan fingerprint density at radius 2 is 1.89 bits per heavy atom. The van der Waals surface area contributed by atoms with Crippen molar-refractivity contribution in [2.75, 3.05) is 7.05 Å². The van der Waals surface area contributed by atoms with Gasteiger partial charge in [0.2, 0.25) is 0 Å². The number of pyridine rings is 1. The lowest BCUT2D eigenvalue weighted by atomic mass is 10.1. The quantitative estimate of drug-likeness (QED) is 0.509. The van der Waals surface area contributed by atoms with Gasteiger partial charge in [-0.15, -0.1) is 0 Å². The summed E-state index contributed by atoms with van der Waals surface area (Å²) in [5.74, 6) is 0.689. The van der Waals surface area contributed by atoms with Crippen LogP contribution in [0.25, 0.3) is 16.9 Å². The number of halogens is 1. The molecule has 0 spiro atoms. The van der Waals surface area contributed by atoms with Gasteiger partial charge in [-0.3, -0.25) is 9.36 Å². The molecule has 6 heteroatoms. The number of aryl methyl sites for hydroxylation is 1. The third-order valence-corrected chi connectivity index (χ3v) is 4.95. The minimum Gasteiger partial charge on any atom is -0.337 e. The van der Waals surface area contributed by atoms with Gasteiger partial charge in [0.1, 0.15) is 11.3 Å². The van der Waals surface area contributed by atoms with Crippen LogP contribution in [0.3, 0.4) is 0 Å². The Labute approximate surface area is 168 Å². The van der Waals surface area contributed by atoms with E-state index in [-0.39, 0.29) is 5.91 Å². The van der Waals surface area contributed by atoms with Crippen molar-refractivity contribution in [2.45, 2.75) is 13.5 Å². The summed E-state index contributed by atoms with van der Waals surface area (Å²) in [6.07, 6.45) is 1.72. The second-order valence-electron chi connectivity index (χ2n) is 6.65. The lowest BCUT2D eigenvalue weighted by molar-refractivity contribution is 0.0785. The van der Waals surface area contributed by atoms with Gasteiger partial charge in [-0.1, -0.05) is 41.9 Å². The minimum absolute atomic E-state index is 0.0724. The zero-order valence-corrected chi connectivity index (χ0v) is 16.4. The van der Waals surface area contributed by atoms with Gasteiger partial charge >= 0.3 is 0 Å². The molecule has 2 aromatic heterocycles. The first-order valence-corrected chi connectivity index (χ1v) is 9.32. The van der Waals surface area contributed by atoms with Crippen molar-refractivity contribution >= 4 is 28.7 Å². The van der Waals surface area contributed by atoms with Crippen LogP contribution in [0.5, 0.6) is 0 Å². The van der Waals surface area contributed by atoms with Crippen LogP contribution in [0.4, 0.5) is 0 Å². The predicted octanol–water partition coefficient (Wildman–Crippen LogP) is 4.65. The van der Waals surface area contributed by atoms with Gasteiger partial charge in [0.15, 0.2) is 5.65 Å². The van der Waals surface area contributed by atoms with E-state index in [0.717, 1.165) is 16.9 Å². The highest BCUT2D eigenvalue weighted by Crippen LogP contribution is 2.27. The van der Waals surface area contributed by atoms with E-state index in [1.54, 1.807) is 36.3 Å². The Morgan fingerprint density at radius 1 is 1.11 bits per heavy atom. The van der Waals surface area contributed by atoms with Crippen molar-refractivity contribution in [3.63, 3.8) is 0 Å². The maximum absolute atomic E-state index is 13.0. The first-order valence-electron chi connectivity index (χ1n) is 8.94. The fourth-order valence-electron chi connectivity index (χ4n) is 3.28. The molecule has 1 amide bonds. The largest absolute Gasteiger partial charge is 0.337 e. The lowest BCUT2D eigenvalue weighted by Crippen LogP contribution is -2.26. The number of fused-ring (bicyclic) bond motifs is 1. The number of aromatic nitrogens is 3. The number of nitrogens with zero attached hydrogens (tertiary/aromatic N) is 4. The predicted molar refractivity (Wildman–Crippen MR) is 111 cm³/mol. The van der Waals surface area contributed by atoms with Crippen LogP contribution < -0.4 is 0 Å². The van der Waals surface area contributed by atoms with Gasteiger partial charge in [-0.05, 0) is 42.8 Å². The molecule has 5 nitrogen and oxygen atoms in total. The smallest absolute Gasteiger partial charge is 0.253 e. The van der Waals surface area contributed by atoms with Crippen LogP contribution in [-0.2, 0) is 6.54 Å². The first-order chi connectivity index (χ1) is 13.5. The molecular weight excluding hydrogens is 372 g/mol. The maximum atomic E-state index is 13.0. The van der Waals surface area contributed by atoms with Crippen molar-refractivity contribution < 1.29 is 4.79 Å². The van der Waals surface area contributed by atoms with Gasteiger partial charge in [-0.2, -0.15) is 0 Å². The number of amides is 1. The van der Waals surface area contributed by atoms with Crippen molar-refractivity contribution in [2.24, 2.45) is 0 Å². The van der Waals surface area contributed by atoms with Crippen LogP contribution in [0.15, 0.2) is 66.9 Å². The van der Waals surface area contributed by atoms with Crippen LogP contribution >= 0.6 is 11.6 Å². The monoisotopic (exact) mass is 390 g/mol. The Hall–Kier alpha value is -3.18. The minimum atomic E-state index is -0.0724. The highest BCUT2D eigenvalue weighted by molar-refractivity contribution is 6.32. The Balaban J connectivity index is 1.71. The van der Waals surface area contributed by atoms with Gasteiger partial charge in [-0.25, -0.2) is 9.97 Å². The molecule has 0 aliphatic carbocycles. The standard InChI is InChI=1S/C22H19ClN4O/c1-15-25-19-9-6-12-24-21(19)27(15)20-13-17(10-11-18(20)23)22(28)26(2)14-16-7-4-3-5-8-16/h3-13H,14H2,1-2H3. The van der Waals surface area contributed by atoms with Crippen LogP contribution in [0.2, 0.25) is 5.02 Å². The van der Waals surface area contributed by atoms with Crippen molar-refractivity contribution in [1.29, 1.82) is 0 Å². The first kappa shape index (κ1) is 18.2. The molecule has 0 unspecified atom stereocenters. The van der Waals surface area contributed by atoms with E-state index in [1.165, 1.54) is 0 Å². The Bertz CT molecular complexity index is 1150. The SMILES string of the molecule is Cc1nc2cccnc2n1-c1cc(C(=O)N(C)Cc2ccccc2)ccc1Cl. The number of rotatable bonds is 4. The molecule has 0 N–H and O–H groups in total. The average molecular weight is 391 g/mol. The highest BCUT2D eigenvalue weighted by atomic mass is 35.5. The molecule has 0 fully saturated rings. The summed E-state index contributed by atoms with van der Waals surface area (Å²) in [6, 6.07) is 18.9. The van der Waals surface area contributed by atoms with Crippen LogP contribution in [0, 0.1) is 6.92 Å². The molecule has 0 saturated heterocycles. The molecule has 2 heterocycles. The van der Waals surface area contributed by atoms with E-state index in [0.29, 0.717) is 28.5 Å². The molecule has 0 aliphatic rings. The van der Waals surface area contributed by atoms with Crippen molar-refractivity contribution in [1.82, 2.24) is 19.4 Å². The number of carbonyl (C=O) groups excluding carboxylic acids is 1. The van der Waals surface area contributed by atoms with E-state index in [4.69, 9.17) is 11.6 Å². The van der Waals surface area contributed by atoms with Gasteiger partial charge in [0.05, 0.1) is 10.7 Å². The Kier molecular flexibility index (Phi) is 4.84. The number of carbonyl (C=O) groups is 1. The summed E-state index contributed by atoms with van der Waals surface area (Å²) >= 11 is 6.47. The number of imidazole rings is 1. The second-order valence-corrected chi connectivity index (χ2v) is 7.06. The zero-order chi connectivity index (χ0) is 19.7. The molecule has 4 rings (SSSR count). The molecule has 140 valence electrons. The van der Waals surface area contributed by atoms with Crippen molar-refractivity contribution in [3.8, 4) is 5.69 Å². The molecular formula is C22H19ClN4O. The molecule has 0 radical (unpaired) electrons. The molecule has 4 aromatic rings. The van der Waals surface area contributed by atoms with E-state index in [1.807, 2.05) is 54.0 Å². The lowest BCUT2D eigenvalue weighted by Gasteiger charge is -2.18. The number of hydrogen-bond donors (Lipinski definition) is 0. The summed E-state index contributed by atoms with van der Waals surface area (Å²) in [7, 11) is 1.79. The summed E-state index contributed by atoms with van der Waals surface area (Å²) in [5.41, 5.74) is 3.83. The third kappa shape index (κ3) is 3.37. The van der Waals surface area contributed by atoms with Gasteiger partial charge in [0, 0.05) is 25.4 Å². The van der Waals surface area contributed by atoms with E-state index < -0.39 is 0 Å². The fraction of sp³-hybridized carbons (Fsp3) is 0.136. The van der Waals surface area contributed by atoms with E-state index >= 15 is 0 Å². The Morgan fingerprint density at radius 3 is 2.68 bits per heavy atom. The topological polar surface area (TPSA) is 51.0 Å². The summed E-state index contributed by atoms with van der Waals surface area (Å²) in [5, 5.41) is 0.537. The van der Waals surface area contributed by atoms with E-state index in [9.17, 15) is 4.79 Å². The second kappa shape index (κ2) is 7.44. The summed E-state index contributed by atoms with van der Waals surface area (Å²) in [6.45, 7) is 2.43. The van der Waals surface area contributed by atoms with Crippen molar-refractivity contribution in [3.05, 3.63) is 88.8 Å². The normalized spacial score (nSPS) is 11.0. The third-order valence-electron chi connectivity index (χ3n) is 4.63. The molecule has 28 heavy (non-hydrogen) atoms. The maximum Gasteiger partial charge on any atom is 0.253 e. The molecule has 0 saturated carbocycles. The fourth-order valence-corrected chi connectivity index (χ4v) is 3.48. The number of benzene rings is 2. The molecule has 0 aliphatic heterocycles. The molecule has 2 aromatic carbocycles. The zero-order valence-electron chi connectivity index (χ0n) is 15.6. The summed E-state index contributed by atoms with van der Waals surface area (Å²) < 4.78 is 1.88. The highest BCUT2D eigenvalue weighted by Gasteiger charge is 2.17.